The van der Waals surface area contributed by atoms with E-state index in [2.05, 4.69) is 114 Å². The normalized spacial score (nSPS) is 12.2. The van der Waals surface area contributed by atoms with E-state index in [1.54, 1.807) is 0 Å². The van der Waals surface area contributed by atoms with Crippen LogP contribution in [0.25, 0.3) is 10.1 Å². The zero-order valence-corrected chi connectivity index (χ0v) is 16.9. The minimum Gasteiger partial charge on any atom is -0.309 e. The maximum atomic E-state index is 3.87. The van der Waals surface area contributed by atoms with Gasteiger partial charge < -0.3 is 4.90 Å². The number of nitrogens with zero attached hydrogens (tertiary/aromatic N) is 1. The van der Waals surface area contributed by atoms with Crippen molar-refractivity contribution in [3.8, 4) is 0 Å². The summed E-state index contributed by atoms with van der Waals surface area (Å²) in [6, 6.07) is 30.0. The van der Waals surface area contributed by atoms with Crippen molar-refractivity contribution in [3.63, 3.8) is 0 Å². The highest BCUT2D eigenvalue weighted by atomic mass is 79.9. The number of halogens is 1. The molecule has 26 heavy (non-hydrogen) atoms. The van der Waals surface area contributed by atoms with E-state index in [4.69, 9.17) is 0 Å². The van der Waals surface area contributed by atoms with Crippen molar-refractivity contribution in [1.29, 1.82) is 0 Å². The molecule has 0 N–H and O–H groups in total. The molecule has 0 spiro atoms. The summed E-state index contributed by atoms with van der Waals surface area (Å²) in [7, 11) is 4.23. The highest BCUT2D eigenvalue weighted by molar-refractivity contribution is 9.15. The van der Waals surface area contributed by atoms with Crippen LogP contribution in [0.2, 0.25) is 0 Å². The fraction of sp³-hybridized carbons (Fsp3) is 0.167. The minimum atomic E-state index is 1.06. The maximum Gasteiger partial charge on any atom is 0.0332 e. The molecule has 0 heterocycles. The lowest BCUT2D eigenvalue weighted by Crippen LogP contribution is -2.14. The number of rotatable bonds is 6. The second kappa shape index (κ2) is 8.98. The van der Waals surface area contributed by atoms with Gasteiger partial charge in [0.2, 0.25) is 0 Å². The molecule has 0 atom stereocenters. The van der Waals surface area contributed by atoms with E-state index < -0.39 is 0 Å². The van der Waals surface area contributed by atoms with E-state index in [-0.39, 0.29) is 0 Å². The highest BCUT2D eigenvalue weighted by Crippen LogP contribution is 2.36. The third kappa shape index (κ3) is 4.72. The Morgan fingerprint density at radius 3 is 1.73 bits per heavy atom. The molecule has 0 amide bonds. The Morgan fingerprint density at radius 2 is 1.19 bits per heavy atom. The number of hydrogen-bond donors (Lipinski definition) is 0. The van der Waals surface area contributed by atoms with Crippen LogP contribution in [0.3, 0.4) is 0 Å². The summed E-state index contributed by atoms with van der Waals surface area (Å²) in [5.41, 5.74) is 6.20. The lowest BCUT2D eigenvalue weighted by Gasteiger charge is -2.14. The molecule has 3 rings (SSSR count). The molecule has 1 nitrogen and oxygen atoms in total. The fourth-order valence-corrected chi connectivity index (χ4v) is 3.67. The van der Waals surface area contributed by atoms with Gasteiger partial charge in [-0.15, -0.1) is 0 Å². The second-order valence-corrected chi connectivity index (χ2v) is 7.46. The van der Waals surface area contributed by atoms with Crippen molar-refractivity contribution in [2.75, 3.05) is 20.6 Å². The molecule has 0 radical (unpaired) electrons. The van der Waals surface area contributed by atoms with Crippen LogP contribution in [0.5, 0.6) is 0 Å². The van der Waals surface area contributed by atoms with Crippen molar-refractivity contribution in [3.05, 3.63) is 107 Å². The van der Waals surface area contributed by atoms with Gasteiger partial charge >= 0.3 is 0 Å². The van der Waals surface area contributed by atoms with E-state index >= 15 is 0 Å². The number of likely N-dealkylation sites (N-methyl/N-ethyl adjacent to an activating group) is 1. The van der Waals surface area contributed by atoms with Crippen molar-refractivity contribution in [1.82, 2.24) is 4.90 Å². The molecule has 132 valence electrons. The largest absolute Gasteiger partial charge is 0.309 e. The van der Waals surface area contributed by atoms with Gasteiger partial charge in [0.05, 0.1) is 0 Å². The van der Waals surface area contributed by atoms with Crippen LogP contribution in [0.4, 0.5) is 0 Å². The van der Waals surface area contributed by atoms with Crippen LogP contribution in [-0.2, 0) is 6.42 Å². The number of hydrogen-bond acceptors (Lipinski definition) is 1. The van der Waals surface area contributed by atoms with E-state index in [1.165, 1.54) is 27.8 Å². The van der Waals surface area contributed by atoms with Crippen LogP contribution in [0.1, 0.15) is 22.3 Å². The number of benzene rings is 3. The van der Waals surface area contributed by atoms with E-state index in [0.29, 0.717) is 0 Å². The maximum absolute atomic E-state index is 3.87. The van der Waals surface area contributed by atoms with Crippen LogP contribution < -0.4 is 0 Å². The summed E-state index contributed by atoms with van der Waals surface area (Å²) in [6.45, 7) is 1.06. The van der Waals surface area contributed by atoms with E-state index in [9.17, 15) is 0 Å². The zero-order valence-electron chi connectivity index (χ0n) is 15.3. The first kappa shape index (κ1) is 18.6. The third-order valence-corrected chi connectivity index (χ3v) is 5.25. The molecule has 0 saturated carbocycles. The second-order valence-electron chi connectivity index (χ2n) is 6.67. The van der Waals surface area contributed by atoms with Gasteiger partial charge in [-0.2, -0.15) is 0 Å². The van der Waals surface area contributed by atoms with Crippen molar-refractivity contribution < 1.29 is 0 Å². The Balaban J connectivity index is 2.02. The molecule has 0 bridgehead atoms. The SMILES string of the molecule is CN(C)CCc1ccc(/C(=C(\Br)c2ccccc2)c2ccccc2)cc1. The summed E-state index contributed by atoms with van der Waals surface area (Å²) < 4.78 is 1.12. The van der Waals surface area contributed by atoms with Gasteiger partial charge in [-0.1, -0.05) is 84.9 Å². The fourth-order valence-electron chi connectivity index (χ4n) is 2.94. The Labute approximate surface area is 165 Å². The van der Waals surface area contributed by atoms with Crippen molar-refractivity contribution in [2.24, 2.45) is 0 Å². The summed E-state index contributed by atoms with van der Waals surface area (Å²) in [4.78, 5) is 2.22. The first-order chi connectivity index (χ1) is 12.6. The van der Waals surface area contributed by atoms with Gasteiger partial charge in [-0.05, 0) is 58.7 Å². The summed E-state index contributed by atoms with van der Waals surface area (Å²) >= 11 is 3.87. The molecule has 0 fully saturated rings. The van der Waals surface area contributed by atoms with Gasteiger partial charge in [0.15, 0.2) is 0 Å². The molecular weight excluding hydrogens is 382 g/mol. The molecule has 0 aliphatic rings. The van der Waals surface area contributed by atoms with Crippen LogP contribution >= 0.6 is 15.9 Å². The average molecular weight is 406 g/mol. The van der Waals surface area contributed by atoms with Crippen LogP contribution in [0, 0.1) is 0 Å². The average Bonchev–Trinajstić information content (AvgIpc) is 2.69. The Bertz CT molecular complexity index is 850. The van der Waals surface area contributed by atoms with Gasteiger partial charge in [0, 0.05) is 16.6 Å². The monoisotopic (exact) mass is 405 g/mol. The third-order valence-electron chi connectivity index (χ3n) is 4.40. The Hall–Kier alpha value is -2.16. The predicted octanol–water partition coefficient (Wildman–Crippen LogP) is 6.10. The van der Waals surface area contributed by atoms with Gasteiger partial charge in [0.25, 0.3) is 0 Å². The molecule has 0 unspecified atom stereocenters. The lowest BCUT2D eigenvalue weighted by molar-refractivity contribution is 0.413. The van der Waals surface area contributed by atoms with Gasteiger partial charge in [-0.3, -0.25) is 0 Å². The molecule has 0 aliphatic carbocycles. The Morgan fingerprint density at radius 1 is 0.692 bits per heavy atom. The van der Waals surface area contributed by atoms with E-state index in [1.807, 2.05) is 6.07 Å². The van der Waals surface area contributed by atoms with Crippen LogP contribution in [0.15, 0.2) is 84.9 Å². The summed E-state index contributed by atoms with van der Waals surface area (Å²) in [6.07, 6.45) is 1.07. The quantitative estimate of drug-likeness (QED) is 0.447. The minimum absolute atomic E-state index is 1.06. The molecule has 3 aromatic rings. The van der Waals surface area contributed by atoms with E-state index in [0.717, 1.165) is 17.4 Å². The highest BCUT2D eigenvalue weighted by Gasteiger charge is 2.12. The Kier molecular flexibility index (Phi) is 6.43. The van der Waals surface area contributed by atoms with Gasteiger partial charge in [-0.25, -0.2) is 0 Å². The van der Waals surface area contributed by atoms with Crippen LogP contribution in [-0.4, -0.2) is 25.5 Å². The standard InChI is InChI=1S/C24H24BrN/c1-26(2)18-17-19-13-15-21(16-14-19)23(20-9-5-3-6-10-20)24(25)22-11-7-4-8-12-22/h3-16H,17-18H2,1-2H3/b24-23-. The summed E-state index contributed by atoms with van der Waals surface area (Å²) in [5, 5.41) is 0. The molecule has 2 heteroatoms. The predicted molar refractivity (Wildman–Crippen MR) is 116 cm³/mol. The zero-order chi connectivity index (χ0) is 18.4. The molecule has 0 aromatic heterocycles. The molecular formula is C24H24BrN. The molecule has 0 aliphatic heterocycles. The first-order valence-corrected chi connectivity index (χ1v) is 9.69. The van der Waals surface area contributed by atoms with Crippen molar-refractivity contribution in [2.45, 2.75) is 6.42 Å². The smallest absolute Gasteiger partial charge is 0.0332 e. The summed E-state index contributed by atoms with van der Waals surface area (Å²) in [5.74, 6) is 0. The molecule has 3 aromatic carbocycles. The molecule has 0 saturated heterocycles. The van der Waals surface area contributed by atoms with Crippen molar-refractivity contribution >= 4 is 26.0 Å². The topological polar surface area (TPSA) is 3.24 Å². The lowest BCUT2D eigenvalue weighted by atomic mass is 9.94. The first-order valence-electron chi connectivity index (χ1n) is 8.90. The van der Waals surface area contributed by atoms with Gasteiger partial charge in [0.1, 0.15) is 0 Å².